The lowest BCUT2D eigenvalue weighted by Crippen LogP contribution is -2.14. The number of hydrogen-bond donors (Lipinski definition) is 1. The first-order chi connectivity index (χ1) is 17.7. The molecule has 0 aliphatic heterocycles. The average Bonchev–Trinajstić information content (AvgIpc) is 2.87. The van der Waals surface area contributed by atoms with Crippen molar-refractivity contribution < 1.29 is 23.9 Å². The van der Waals surface area contributed by atoms with Crippen molar-refractivity contribution in [3.05, 3.63) is 91.5 Å². The number of halogens is 2. The highest BCUT2D eigenvalue weighted by molar-refractivity contribution is 6.35. The van der Waals surface area contributed by atoms with Gasteiger partial charge < -0.3 is 19.5 Å². The number of amides is 1. The lowest BCUT2D eigenvalue weighted by Gasteiger charge is -2.14. The standard InChI is InChI=1S/C26H21Cl2N3O6/c1-3-36-25-11-16(4-8-24(25)37-15-17-5-6-19(27)12-21(17)28)10-18(14-29)26(32)30-22-13-20(31(33)34)7-9-23(22)35-2/h4-13H,3,15H2,1-2H3,(H,30,32)/b18-10+. The Balaban J connectivity index is 1.83. The van der Waals surface area contributed by atoms with Gasteiger partial charge in [-0.1, -0.05) is 35.3 Å². The van der Waals surface area contributed by atoms with Crippen LogP contribution >= 0.6 is 23.2 Å². The Hall–Kier alpha value is -4.26. The fraction of sp³-hybridized carbons (Fsp3) is 0.154. The molecule has 0 saturated carbocycles. The van der Waals surface area contributed by atoms with Crippen molar-refractivity contribution in [3.63, 3.8) is 0 Å². The van der Waals surface area contributed by atoms with Crippen LogP contribution in [-0.4, -0.2) is 24.5 Å². The Labute approximate surface area is 222 Å². The predicted molar refractivity (Wildman–Crippen MR) is 140 cm³/mol. The van der Waals surface area contributed by atoms with Crippen LogP contribution in [0, 0.1) is 21.4 Å². The summed E-state index contributed by atoms with van der Waals surface area (Å²) < 4.78 is 16.7. The van der Waals surface area contributed by atoms with Crippen LogP contribution in [0.15, 0.2) is 60.2 Å². The smallest absolute Gasteiger partial charge is 0.271 e. The van der Waals surface area contributed by atoms with E-state index in [1.54, 1.807) is 36.4 Å². The summed E-state index contributed by atoms with van der Waals surface area (Å²) in [6, 6.07) is 15.6. The maximum absolute atomic E-state index is 12.8. The summed E-state index contributed by atoms with van der Waals surface area (Å²) in [5.41, 5.74) is 0.811. The van der Waals surface area contributed by atoms with E-state index in [0.29, 0.717) is 33.7 Å². The first-order valence-corrected chi connectivity index (χ1v) is 11.6. The Kier molecular flexibility index (Phi) is 9.33. The number of nitrogens with zero attached hydrogens (tertiary/aromatic N) is 2. The third-order valence-electron chi connectivity index (χ3n) is 4.98. The van der Waals surface area contributed by atoms with Crippen LogP contribution in [0.25, 0.3) is 6.08 Å². The van der Waals surface area contributed by atoms with Gasteiger partial charge in [0.25, 0.3) is 11.6 Å². The molecule has 1 N–H and O–H groups in total. The summed E-state index contributed by atoms with van der Waals surface area (Å²) in [6.45, 7) is 2.33. The SMILES string of the molecule is CCOc1cc(/C=C(\C#N)C(=O)Nc2cc([N+](=O)[O-])ccc2OC)ccc1OCc1ccc(Cl)cc1Cl. The van der Waals surface area contributed by atoms with Gasteiger partial charge in [-0.15, -0.1) is 0 Å². The highest BCUT2D eigenvalue weighted by Gasteiger charge is 2.17. The molecule has 11 heteroatoms. The monoisotopic (exact) mass is 541 g/mol. The number of nitriles is 1. The molecule has 0 fully saturated rings. The summed E-state index contributed by atoms with van der Waals surface area (Å²) in [6.07, 6.45) is 1.36. The van der Waals surface area contributed by atoms with E-state index >= 15 is 0 Å². The predicted octanol–water partition coefficient (Wildman–Crippen LogP) is 6.43. The van der Waals surface area contributed by atoms with Crippen molar-refractivity contribution in [2.45, 2.75) is 13.5 Å². The Bertz CT molecular complexity index is 1400. The molecular weight excluding hydrogens is 521 g/mol. The highest BCUT2D eigenvalue weighted by atomic mass is 35.5. The molecule has 3 rings (SSSR count). The fourth-order valence-corrected chi connectivity index (χ4v) is 3.67. The van der Waals surface area contributed by atoms with Crippen LogP contribution in [0.3, 0.4) is 0 Å². The molecule has 0 aliphatic carbocycles. The van der Waals surface area contributed by atoms with E-state index in [1.165, 1.54) is 25.3 Å². The van der Waals surface area contributed by atoms with Gasteiger partial charge in [0.1, 0.15) is 24.0 Å². The van der Waals surface area contributed by atoms with E-state index in [0.717, 1.165) is 11.6 Å². The minimum atomic E-state index is -0.767. The number of nitro benzene ring substituents is 1. The summed E-state index contributed by atoms with van der Waals surface area (Å²) in [5.74, 6) is 0.280. The number of nitro groups is 1. The van der Waals surface area contributed by atoms with E-state index < -0.39 is 10.8 Å². The average molecular weight is 542 g/mol. The van der Waals surface area contributed by atoms with Gasteiger partial charge >= 0.3 is 0 Å². The molecule has 0 spiro atoms. The Morgan fingerprint density at radius 3 is 2.49 bits per heavy atom. The molecule has 37 heavy (non-hydrogen) atoms. The van der Waals surface area contributed by atoms with E-state index in [1.807, 2.05) is 13.0 Å². The molecule has 0 aromatic heterocycles. The number of carbonyl (C=O) groups is 1. The quantitative estimate of drug-likeness (QED) is 0.135. The van der Waals surface area contributed by atoms with Gasteiger partial charge in [-0.05, 0) is 48.9 Å². The van der Waals surface area contributed by atoms with Gasteiger partial charge in [0.15, 0.2) is 11.5 Å². The number of rotatable bonds is 10. The van der Waals surface area contributed by atoms with Crippen molar-refractivity contribution in [3.8, 4) is 23.3 Å². The molecule has 190 valence electrons. The number of nitrogens with one attached hydrogen (secondary N) is 1. The maximum Gasteiger partial charge on any atom is 0.271 e. The zero-order valence-corrected chi connectivity index (χ0v) is 21.3. The summed E-state index contributed by atoms with van der Waals surface area (Å²) in [7, 11) is 1.36. The van der Waals surface area contributed by atoms with Crippen molar-refractivity contribution >= 4 is 46.6 Å². The summed E-state index contributed by atoms with van der Waals surface area (Å²) >= 11 is 12.2. The van der Waals surface area contributed by atoms with Crippen LogP contribution in [0.4, 0.5) is 11.4 Å². The molecule has 9 nitrogen and oxygen atoms in total. The number of hydrogen-bond acceptors (Lipinski definition) is 7. The number of carbonyl (C=O) groups excluding carboxylic acids is 1. The molecule has 0 atom stereocenters. The van der Waals surface area contributed by atoms with Crippen LogP contribution < -0.4 is 19.5 Å². The second-order valence-corrected chi connectivity index (χ2v) is 8.27. The molecule has 3 aromatic carbocycles. The molecule has 0 radical (unpaired) electrons. The molecule has 0 heterocycles. The minimum absolute atomic E-state index is 0.0578. The number of benzene rings is 3. The minimum Gasteiger partial charge on any atom is -0.495 e. The molecule has 3 aromatic rings. The largest absolute Gasteiger partial charge is 0.495 e. The molecule has 1 amide bonds. The van der Waals surface area contributed by atoms with Gasteiger partial charge in [0.05, 0.1) is 24.3 Å². The Morgan fingerprint density at radius 2 is 1.84 bits per heavy atom. The number of non-ortho nitro benzene ring substituents is 1. The highest BCUT2D eigenvalue weighted by Crippen LogP contribution is 2.32. The number of ether oxygens (including phenoxy) is 3. The first-order valence-electron chi connectivity index (χ1n) is 10.8. The van der Waals surface area contributed by atoms with Crippen LogP contribution in [0.1, 0.15) is 18.1 Å². The molecular formula is C26H21Cl2N3O6. The third-order valence-corrected chi connectivity index (χ3v) is 5.57. The van der Waals surface area contributed by atoms with Gasteiger partial charge in [-0.3, -0.25) is 14.9 Å². The van der Waals surface area contributed by atoms with Crippen molar-refractivity contribution in [1.29, 1.82) is 5.26 Å². The third kappa shape index (κ3) is 7.13. The van der Waals surface area contributed by atoms with Gasteiger partial charge in [-0.2, -0.15) is 5.26 Å². The lowest BCUT2D eigenvalue weighted by atomic mass is 10.1. The number of anilines is 1. The van der Waals surface area contributed by atoms with Crippen LogP contribution in [-0.2, 0) is 11.4 Å². The zero-order valence-electron chi connectivity index (χ0n) is 19.8. The van der Waals surface area contributed by atoms with Crippen molar-refractivity contribution in [2.24, 2.45) is 0 Å². The van der Waals surface area contributed by atoms with Crippen LogP contribution in [0.2, 0.25) is 10.0 Å². The normalized spacial score (nSPS) is 10.8. The van der Waals surface area contributed by atoms with Crippen molar-refractivity contribution in [1.82, 2.24) is 0 Å². The van der Waals surface area contributed by atoms with Crippen molar-refractivity contribution in [2.75, 3.05) is 19.0 Å². The lowest BCUT2D eigenvalue weighted by molar-refractivity contribution is -0.384. The van der Waals surface area contributed by atoms with E-state index in [9.17, 15) is 20.2 Å². The van der Waals surface area contributed by atoms with Gasteiger partial charge in [0.2, 0.25) is 0 Å². The van der Waals surface area contributed by atoms with Gasteiger partial charge in [-0.25, -0.2) is 0 Å². The Morgan fingerprint density at radius 1 is 1.08 bits per heavy atom. The molecule has 0 saturated heterocycles. The summed E-state index contributed by atoms with van der Waals surface area (Å²) in [4.78, 5) is 23.3. The van der Waals surface area contributed by atoms with Crippen LogP contribution in [0.5, 0.6) is 17.2 Å². The zero-order chi connectivity index (χ0) is 26.9. The van der Waals surface area contributed by atoms with E-state index in [4.69, 9.17) is 37.4 Å². The fourth-order valence-electron chi connectivity index (χ4n) is 3.21. The van der Waals surface area contributed by atoms with Gasteiger partial charge in [0, 0.05) is 27.7 Å². The maximum atomic E-state index is 12.8. The second kappa shape index (κ2) is 12.6. The summed E-state index contributed by atoms with van der Waals surface area (Å²) in [5, 5.41) is 24.2. The molecule has 0 unspecified atom stereocenters. The topological polar surface area (TPSA) is 124 Å². The number of methoxy groups -OCH3 is 1. The first kappa shape index (κ1) is 27.3. The van der Waals surface area contributed by atoms with E-state index in [2.05, 4.69) is 5.32 Å². The van der Waals surface area contributed by atoms with E-state index in [-0.39, 0.29) is 29.3 Å². The molecule has 0 bridgehead atoms. The second-order valence-electron chi connectivity index (χ2n) is 7.43. The molecule has 0 aliphatic rings.